The van der Waals surface area contributed by atoms with E-state index in [2.05, 4.69) is 22.5 Å². The van der Waals surface area contributed by atoms with E-state index in [9.17, 15) is 9.59 Å². The minimum Gasteiger partial charge on any atom is -0.491 e. The maximum absolute atomic E-state index is 12.5. The first-order valence-corrected chi connectivity index (χ1v) is 11.1. The summed E-state index contributed by atoms with van der Waals surface area (Å²) in [4.78, 5) is 24.9. The van der Waals surface area contributed by atoms with Gasteiger partial charge in [-0.2, -0.15) is 0 Å². The summed E-state index contributed by atoms with van der Waals surface area (Å²) in [5.41, 5.74) is 0.868. The number of allylic oxidation sites excluding steroid dienone is 4. The van der Waals surface area contributed by atoms with Crippen LogP contribution in [0, 0.1) is 11.8 Å². The zero-order valence-electron chi connectivity index (χ0n) is 19.0. The van der Waals surface area contributed by atoms with Crippen molar-refractivity contribution in [3.8, 4) is 17.6 Å². The summed E-state index contributed by atoms with van der Waals surface area (Å²) >= 11 is 0. The van der Waals surface area contributed by atoms with Crippen molar-refractivity contribution in [3.63, 3.8) is 0 Å². The average Bonchev–Trinajstić information content (AvgIpc) is 3.39. The molecule has 2 amide bonds. The lowest BCUT2D eigenvalue weighted by molar-refractivity contribution is -0.136. The molecule has 3 atom stereocenters. The molecule has 0 spiro atoms. The summed E-state index contributed by atoms with van der Waals surface area (Å²) in [6.07, 6.45) is 10.5. The first-order chi connectivity index (χ1) is 15.4. The van der Waals surface area contributed by atoms with Gasteiger partial charge in [0.05, 0.1) is 5.60 Å². The molecule has 6 nitrogen and oxygen atoms in total. The van der Waals surface area contributed by atoms with Crippen LogP contribution in [0.2, 0.25) is 0 Å². The molecule has 0 aromatic heterocycles. The third kappa shape index (κ3) is 7.00. The minimum atomic E-state index is -0.559. The van der Waals surface area contributed by atoms with Crippen LogP contribution in [0.5, 0.6) is 5.75 Å². The van der Waals surface area contributed by atoms with E-state index >= 15 is 0 Å². The van der Waals surface area contributed by atoms with Crippen LogP contribution in [0.1, 0.15) is 45.6 Å². The van der Waals surface area contributed by atoms with Crippen molar-refractivity contribution in [1.29, 1.82) is 0 Å². The lowest BCUT2D eigenvalue weighted by Crippen LogP contribution is -2.62. The topological polar surface area (TPSA) is 80.0 Å². The fourth-order valence-electron chi connectivity index (χ4n) is 3.52. The lowest BCUT2D eigenvalue weighted by atomic mass is 9.99. The molecule has 170 valence electrons. The smallest absolute Gasteiger partial charge is 0.243 e. The fourth-order valence-corrected chi connectivity index (χ4v) is 3.52. The Morgan fingerprint density at radius 3 is 2.47 bits per heavy atom. The van der Waals surface area contributed by atoms with Crippen molar-refractivity contribution in [1.82, 2.24) is 10.6 Å². The van der Waals surface area contributed by atoms with E-state index in [0.29, 0.717) is 19.4 Å². The molecular formula is C26H32N2O4. The van der Waals surface area contributed by atoms with Gasteiger partial charge in [0.1, 0.15) is 30.5 Å². The van der Waals surface area contributed by atoms with Crippen molar-refractivity contribution >= 4 is 11.8 Å². The Kier molecular flexibility index (Phi) is 8.13. The number of piperazine rings is 1. The van der Waals surface area contributed by atoms with Gasteiger partial charge in [-0.25, -0.2) is 0 Å². The molecule has 2 heterocycles. The molecule has 2 aliphatic rings. The van der Waals surface area contributed by atoms with Crippen molar-refractivity contribution in [2.75, 3.05) is 6.61 Å². The molecule has 2 N–H and O–H groups in total. The molecule has 2 aliphatic heterocycles. The number of rotatable bonds is 10. The predicted octanol–water partition coefficient (Wildman–Crippen LogP) is 3.07. The second kappa shape index (κ2) is 11.0. The summed E-state index contributed by atoms with van der Waals surface area (Å²) in [5.74, 6) is 6.14. The summed E-state index contributed by atoms with van der Waals surface area (Å²) in [6, 6.07) is 6.58. The van der Waals surface area contributed by atoms with Gasteiger partial charge in [0.2, 0.25) is 11.8 Å². The van der Waals surface area contributed by atoms with Gasteiger partial charge in [-0.05, 0) is 63.8 Å². The van der Waals surface area contributed by atoms with Crippen LogP contribution >= 0.6 is 0 Å². The van der Waals surface area contributed by atoms with Crippen LogP contribution in [0.4, 0.5) is 0 Å². The summed E-state index contributed by atoms with van der Waals surface area (Å²) in [5, 5.41) is 5.74. The predicted molar refractivity (Wildman–Crippen MR) is 124 cm³/mol. The molecule has 0 radical (unpaired) electrons. The number of hydrogen-bond donors (Lipinski definition) is 2. The molecule has 3 unspecified atom stereocenters. The summed E-state index contributed by atoms with van der Waals surface area (Å²) < 4.78 is 11.3. The maximum atomic E-state index is 12.5. The molecule has 0 saturated carbocycles. The molecule has 0 bridgehead atoms. The molecule has 1 aromatic rings. The highest BCUT2D eigenvalue weighted by molar-refractivity contribution is 5.97. The molecule has 32 heavy (non-hydrogen) atoms. The number of amides is 2. The monoisotopic (exact) mass is 436 g/mol. The normalized spacial score (nSPS) is 24.0. The minimum absolute atomic E-state index is 0.0950. The molecule has 2 fully saturated rings. The first-order valence-electron chi connectivity index (χ1n) is 11.1. The Bertz CT molecular complexity index is 921. The average molecular weight is 437 g/mol. The number of unbranched alkanes of at least 4 members (excludes halogenated alkanes) is 1. The van der Waals surface area contributed by atoms with Gasteiger partial charge in [-0.3, -0.25) is 9.59 Å². The van der Waals surface area contributed by atoms with Crippen LogP contribution in [0.25, 0.3) is 0 Å². The number of nitrogens with one attached hydrogen (secondary N) is 2. The molecule has 1 aromatic carbocycles. The Morgan fingerprint density at radius 2 is 1.78 bits per heavy atom. The molecule has 3 rings (SSSR count). The Balaban J connectivity index is 1.39. The van der Waals surface area contributed by atoms with E-state index < -0.39 is 12.1 Å². The number of hydrogen-bond acceptors (Lipinski definition) is 4. The van der Waals surface area contributed by atoms with Crippen LogP contribution in [0.15, 0.2) is 48.6 Å². The number of carbonyl (C=O) groups excluding carboxylic acids is 2. The van der Waals surface area contributed by atoms with Gasteiger partial charge in [0, 0.05) is 6.42 Å². The summed E-state index contributed by atoms with van der Waals surface area (Å²) in [6.45, 7) is 6.39. The fraction of sp³-hybridized carbons (Fsp3) is 0.462. The number of ether oxygens (including phenoxy) is 2. The summed E-state index contributed by atoms with van der Waals surface area (Å²) in [7, 11) is 0. The standard InChI is InChI=1S/C26H32N2O4/c1-4-5-6-7-8-9-10-11-12-21-24(29)28-22(25(30)27-21)17-19-13-15-20(16-14-19)31-18-23-26(2,3)32-23/h6-9,13-16,21-23H,10-12,17-18H2,1-3H3,(H,27,30)(H,28,29)/b7-6-,9-8-. The quantitative estimate of drug-likeness (QED) is 0.256. The maximum Gasteiger partial charge on any atom is 0.243 e. The zero-order chi connectivity index (χ0) is 23.0. The third-order valence-corrected chi connectivity index (χ3v) is 5.63. The largest absolute Gasteiger partial charge is 0.491 e. The highest BCUT2D eigenvalue weighted by Crippen LogP contribution is 2.35. The van der Waals surface area contributed by atoms with E-state index in [-0.39, 0.29) is 23.5 Å². The molecule has 6 heteroatoms. The van der Waals surface area contributed by atoms with Crippen LogP contribution in [0.3, 0.4) is 0 Å². The lowest BCUT2D eigenvalue weighted by Gasteiger charge is -2.29. The van der Waals surface area contributed by atoms with Crippen molar-refractivity contribution in [3.05, 3.63) is 54.1 Å². The SMILES string of the molecule is CC#C/C=C\C=C/CCCC1NC(=O)C(Cc2ccc(OCC3OC3(C)C)cc2)NC1=O. The van der Waals surface area contributed by atoms with E-state index in [1.807, 2.05) is 56.3 Å². The van der Waals surface area contributed by atoms with Gasteiger partial charge in [0.25, 0.3) is 0 Å². The molecule has 0 aliphatic carbocycles. The number of epoxide rings is 1. The van der Waals surface area contributed by atoms with E-state index in [4.69, 9.17) is 9.47 Å². The van der Waals surface area contributed by atoms with Crippen molar-refractivity contribution in [2.45, 2.75) is 70.2 Å². The highest BCUT2D eigenvalue weighted by Gasteiger charge is 2.48. The second-order valence-corrected chi connectivity index (χ2v) is 8.60. The van der Waals surface area contributed by atoms with Gasteiger partial charge >= 0.3 is 0 Å². The zero-order valence-corrected chi connectivity index (χ0v) is 19.0. The first kappa shape index (κ1) is 23.6. The van der Waals surface area contributed by atoms with Crippen molar-refractivity contribution in [2.24, 2.45) is 0 Å². The van der Waals surface area contributed by atoms with Crippen LogP contribution in [-0.2, 0) is 20.7 Å². The Morgan fingerprint density at radius 1 is 1.09 bits per heavy atom. The van der Waals surface area contributed by atoms with Crippen molar-refractivity contribution < 1.29 is 19.1 Å². The van der Waals surface area contributed by atoms with Gasteiger partial charge in [-0.1, -0.05) is 36.3 Å². The highest BCUT2D eigenvalue weighted by atomic mass is 16.6. The van der Waals surface area contributed by atoms with Gasteiger partial charge in [-0.15, -0.1) is 5.92 Å². The van der Waals surface area contributed by atoms with E-state index in [0.717, 1.165) is 24.2 Å². The van der Waals surface area contributed by atoms with Gasteiger partial charge < -0.3 is 20.1 Å². The Labute approximate surface area is 190 Å². The van der Waals surface area contributed by atoms with E-state index in [1.54, 1.807) is 13.0 Å². The van der Waals surface area contributed by atoms with Crippen LogP contribution in [-0.4, -0.2) is 42.2 Å². The third-order valence-electron chi connectivity index (χ3n) is 5.63. The molecular weight excluding hydrogens is 404 g/mol. The Hall–Kier alpha value is -3.04. The van der Waals surface area contributed by atoms with Gasteiger partial charge in [0.15, 0.2) is 0 Å². The van der Waals surface area contributed by atoms with Crippen LogP contribution < -0.4 is 15.4 Å². The second-order valence-electron chi connectivity index (χ2n) is 8.60. The number of benzene rings is 1. The molecule has 2 saturated heterocycles. The van der Waals surface area contributed by atoms with E-state index in [1.165, 1.54) is 0 Å². The number of carbonyl (C=O) groups is 2.